The van der Waals surface area contributed by atoms with Crippen LogP contribution in [0.25, 0.3) is 6.08 Å². The van der Waals surface area contributed by atoms with Crippen molar-refractivity contribution in [2.45, 2.75) is 12.3 Å². The summed E-state index contributed by atoms with van der Waals surface area (Å²) < 4.78 is 44.2. The van der Waals surface area contributed by atoms with E-state index < -0.39 is 17.9 Å². The van der Waals surface area contributed by atoms with Crippen LogP contribution in [0, 0.1) is 0 Å². The SMILES string of the molecule is COC(=O)COc1c(OC)cccc1C1CC(=O)Oc2ccc3c(c21)O/C(=C\c1ccc(OC)c(OC)c1OC)C3=O. The molecule has 0 bridgehead atoms. The molecule has 5 rings (SSSR count). The van der Waals surface area contributed by atoms with E-state index in [1.807, 2.05) is 0 Å². The van der Waals surface area contributed by atoms with Gasteiger partial charge in [-0.05, 0) is 36.4 Å². The molecular formula is C31H28O11. The maximum Gasteiger partial charge on any atom is 0.343 e. The van der Waals surface area contributed by atoms with E-state index in [-0.39, 0.29) is 41.8 Å². The van der Waals surface area contributed by atoms with E-state index in [1.165, 1.54) is 35.5 Å². The van der Waals surface area contributed by atoms with Crippen molar-refractivity contribution in [3.05, 3.63) is 70.5 Å². The molecule has 2 aliphatic heterocycles. The molecule has 11 heteroatoms. The van der Waals surface area contributed by atoms with Gasteiger partial charge in [0.2, 0.25) is 11.5 Å². The number of benzene rings is 3. The van der Waals surface area contributed by atoms with Crippen molar-refractivity contribution in [2.75, 3.05) is 42.2 Å². The molecule has 0 radical (unpaired) electrons. The fraction of sp³-hybridized carbons (Fsp3) is 0.258. The number of para-hydroxylation sites is 1. The number of Topliss-reactive ketones (excluding diaryl/α,β-unsaturated/α-hetero) is 1. The number of hydrogen-bond acceptors (Lipinski definition) is 11. The minimum atomic E-state index is -0.651. The lowest BCUT2D eigenvalue weighted by Gasteiger charge is -2.28. The predicted octanol–water partition coefficient (Wildman–Crippen LogP) is 4.33. The van der Waals surface area contributed by atoms with Crippen LogP contribution in [0.2, 0.25) is 0 Å². The van der Waals surface area contributed by atoms with Gasteiger partial charge in [-0.3, -0.25) is 9.59 Å². The Bertz CT molecular complexity index is 1600. The van der Waals surface area contributed by atoms with Crippen LogP contribution in [0.15, 0.2) is 48.2 Å². The van der Waals surface area contributed by atoms with E-state index >= 15 is 0 Å². The lowest BCUT2D eigenvalue weighted by atomic mass is 9.84. The Hall–Kier alpha value is -5.19. The number of ketones is 1. The Kier molecular flexibility index (Phi) is 7.92. The number of rotatable bonds is 9. The van der Waals surface area contributed by atoms with Crippen LogP contribution in [0.5, 0.6) is 40.2 Å². The van der Waals surface area contributed by atoms with Crippen molar-refractivity contribution in [1.82, 2.24) is 0 Å². The summed E-state index contributed by atoms with van der Waals surface area (Å²) in [5, 5.41) is 0. The van der Waals surface area contributed by atoms with Crippen LogP contribution in [-0.2, 0) is 14.3 Å². The molecule has 11 nitrogen and oxygen atoms in total. The van der Waals surface area contributed by atoms with Crippen molar-refractivity contribution in [3.8, 4) is 40.2 Å². The van der Waals surface area contributed by atoms with Gasteiger partial charge in [-0.1, -0.05) is 12.1 Å². The highest BCUT2D eigenvalue weighted by atomic mass is 16.6. The quantitative estimate of drug-likeness (QED) is 0.205. The van der Waals surface area contributed by atoms with Crippen LogP contribution in [0.4, 0.5) is 0 Å². The molecular weight excluding hydrogens is 548 g/mol. The van der Waals surface area contributed by atoms with Crippen LogP contribution >= 0.6 is 0 Å². The van der Waals surface area contributed by atoms with Gasteiger partial charge < -0.3 is 37.9 Å². The lowest BCUT2D eigenvalue weighted by molar-refractivity contribution is -0.143. The van der Waals surface area contributed by atoms with E-state index in [4.69, 9.17) is 37.9 Å². The smallest absolute Gasteiger partial charge is 0.343 e. The monoisotopic (exact) mass is 576 g/mol. The van der Waals surface area contributed by atoms with Gasteiger partial charge in [0.05, 0.1) is 47.5 Å². The molecule has 3 aromatic rings. The van der Waals surface area contributed by atoms with E-state index in [2.05, 4.69) is 0 Å². The molecule has 218 valence electrons. The summed E-state index contributed by atoms with van der Waals surface area (Å²) >= 11 is 0. The Morgan fingerprint density at radius 1 is 0.857 bits per heavy atom. The molecule has 0 saturated heterocycles. The molecule has 1 atom stereocenters. The van der Waals surface area contributed by atoms with Crippen LogP contribution in [0.3, 0.4) is 0 Å². The number of methoxy groups -OCH3 is 5. The number of allylic oxidation sites excluding steroid dienone is 1. The molecule has 0 saturated carbocycles. The van der Waals surface area contributed by atoms with Gasteiger partial charge in [0.25, 0.3) is 0 Å². The second-order valence-corrected chi connectivity index (χ2v) is 9.19. The maximum absolute atomic E-state index is 13.6. The third-order valence-electron chi connectivity index (χ3n) is 6.97. The number of carbonyl (C=O) groups is 3. The average molecular weight is 577 g/mol. The maximum atomic E-state index is 13.6. The Morgan fingerprint density at radius 3 is 2.29 bits per heavy atom. The first-order valence-electron chi connectivity index (χ1n) is 12.8. The van der Waals surface area contributed by atoms with E-state index in [0.717, 1.165) is 0 Å². The molecule has 1 unspecified atom stereocenters. The molecule has 0 fully saturated rings. The summed E-state index contributed by atoms with van der Waals surface area (Å²) in [5.41, 5.74) is 1.84. The molecule has 0 amide bonds. The summed E-state index contributed by atoms with van der Waals surface area (Å²) in [7, 11) is 7.19. The largest absolute Gasteiger partial charge is 0.493 e. The Morgan fingerprint density at radius 2 is 1.60 bits per heavy atom. The predicted molar refractivity (Wildman–Crippen MR) is 148 cm³/mol. The van der Waals surface area contributed by atoms with Crippen molar-refractivity contribution in [3.63, 3.8) is 0 Å². The fourth-order valence-electron chi connectivity index (χ4n) is 5.06. The molecule has 2 aliphatic rings. The Labute approximate surface area is 241 Å². The number of carbonyl (C=O) groups excluding carboxylic acids is 3. The third-order valence-corrected chi connectivity index (χ3v) is 6.97. The highest BCUT2D eigenvalue weighted by Gasteiger charge is 2.40. The number of fused-ring (bicyclic) bond motifs is 3. The van der Waals surface area contributed by atoms with Gasteiger partial charge in [-0.15, -0.1) is 0 Å². The van der Waals surface area contributed by atoms with Gasteiger partial charge in [-0.2, -0.15) is 0 Å². The van der Waals surface area contributed by atoms with Crippen molar-refractivity contribution in [2.24, 2.45) is 0 Å². The van der Waals surface area contributed by atoms with Crippen molar-refractivity contribution < 1.29 is 52.3 Å². The second-order valence-electron chi connectivity index (χ2n) is 9.19. The van der Waals surface area contributed by atoms with Crippen LogP contribution in [-0.4, -0.2) is 59.9 Å². The molecule has 0 aliphatic carbocycles. The molecule has 0 spiro atoms. The molecule has 42 heavy (non-hydrogen) atoms. The van der Waals surface area contributed by atoms with E-state index in [0.29, 0.717) is 45.3 Å². The minimum Gasteiger partial charge on any atom is -0.493 e. The summed E-state index contributed by atoms with van der Waals surface area (Å²) in [6.45, 7) is -0.379. The Balaban J connectivity index is 1.61. The van der Waals surface area contributed by atoms with Crippen molar-refractivity contribution >= 4 is 23.8 Å². The highest BCUT2D eigenvalue weighted by Crippen LogP contribution is 2.52. The van der Waals surface area contributed by atoms with Crippen LogP contribution < -0.4 is 33.2 Å². The summed E-state index contributed by atoms with van der Waals surface area (Å²) in [6, 6.07) is 11.7. The first-order chi connectivity index (χ1) is 20.3. The zero-order valence-corrected chi connectivity index (χ0v) is 23.6. The molecule has 0 N–H and O–H groups in total. The normalized spacial score (nSPS) is 16.1. The van der Waals surface area contributed by atoms with Gasteiger partial charge in [0.15, 0.2) is 35.4 Å². The third kappa shape index (κ3) is 4.93. The highest BCUT2D eigenvalue weighted by molar-refractivity contribution is 6.15. The number of ether oxygens (including phenoxy) is 8. The van der Waals surface area contributed by atoms with Crippen molar-refractivity contribution in [1.29, 1.82) is 0 Å². The second kappa shape index (κ2) is 11.7. The van der Waals surface area contributed by atoms with Gasteiger partial charge in [0, 0.05) is 22.6 Å². The summed E-state index contributed by atoms with van der Waals surface area (Å²) in [5.74, 6) is 0.217. The fourth-order valence-corrected chi connectivity index (χ4v) is 5.06. The van der Waals surface area contributed by atoms with Gasteiger partial charge in [-0.25, -0.2) is 4.79 Å². The lowest BCUT2D eigenvalue weighted by Crippen LogP contribution is -2.22. The van der Waals surface area contributed by atoms with E-state index in [1.54, 1.807) is 48.5 Å². The minimum absolute atomic E-state index is 0.0346. The van der Waals surface area contributed by atoms with Gasteiger partial charge in [0.1, 0.15) is 11.5 Å². The first kappa shape index (κ1) is 28.3. The zero-order valence-electron chi connectivity index (χ0n) is 23.6. The zero-order chi connectivity index (χ0) is 30.0. The van der Waals surface area contributed by atoms with Crippen LogP contribution in [0.1, 0.15) is 39.4 Å². The summed E-state index contributed by atoms with van der Waals surface area (Å²) in [4.78, 5) is 38.1. The number of hydrogen-bond donors (Lipinski definition) is 0. The van der Waals surface area contributed by atoms with E-state index in [9.17, 15) is 14.4 Å². The molecule has 0 aromatic heterocycles. The standard InChI is InChI=1S/C31H28O11/c1-35-21-8-6-7-17(29(21)40-15-25(33)37-3)19-14-24(32)41-20-12-10-18-27(34)23(42-30(18)26(19)20)13-16-9-11-22(36-2)31(39-5)28(16)38-4/h6-13,19H,14-15H2,1-5H3/b23-13-. The number of esters is 2. The van der Waals surface area contributed by atoms with Gasteiger partial charge >= 0.3 is 11.9 Å². The topological polar surface area (TPSA) is 125 Å². The first-order valence-corrected chi connectivity index (χ1v) is 12.8. The average Bonchev–Trinajstić information content (AvgIpc) is 3.33. The molecule has 3 aromatic carbocycles. The summed E-state index contributed by atoms with van der Waals surface area (Å²) in [6.07, 6.45) is 1.47. The molecule has 2 heterocycles.